The van der Waals surface area contributed by atoms with Crippen LogP contribution in [0.25, 0.3) is 11.0 Å². The van der Waals surface area contributed by atoms with E-state index in [4.69, 9.17) is 5.73 Å². The molecule has 18 heavy (non-hydrogen) atoms. The van der Waals surface area contributed by atoms with Crippen LogP contribution in [0.4, 0.5) is 5.69 Å². The number of nitrogen functional groups attached to an aromatic ring is 1. The van der Waals surface area contributed by atoms with Crippen molar-refractivity contribution in [1.29, 1.82) is 0 Å². The molecular formula is C12H14N6. The van der Waals surface area contributed by atoms with Crippen LogP contribution < -0.4 is 5.73 Å². The summed E-state index contributed by atoms with van der Waals surface area (Å²) in [7, 11) is 0. The average Bonchev–Trinajstić information content (AvgIpc) is 2.97. The van der Waals surface area contributed by atoms with Crippen LogP contribution >= 0.6 is 0 Å². The van der Waals surface area contributed by atoms with Crippen molar-refractivity contribution in [2.75, 3.05) is 5.73 Å². The fourth-order valence-electron chi connectivity index (χ4n) is 2.16. The van der Waals surface area contributed by atoms with E-state index in [-0.39, 0.29) is 6.04 Å². The molecule has 0 aliphatic heterocycles. The monoisotopic (exact) mass is 242 g/mol. The number of rotatable bonds is 3. The summed E-state index contributed by atoms with van der Waals surface area (Å²) >= 11 is 0. The first-order chi connectivity index (χ1) is 8.75. The third-order valence-corrected chi connectivity index (χ3v) is 3.02. The van der Waals surface area contributed by atoms with Gasteiger partial charge in [0, 0.05) is 12.4 Å². The summed E-state index contributed by atoms with van der Waals surface area (Å²) in [6.07, 6.45) is 8.01. The highest BCUT2D eigenvalue weighted by atomic mass is 15.3. The van der Waals surface area contributed by atoms with Gasteiger partial charge in [0.1, 0.15) is 11.0 Å². The smallest absolute Gasteiger partial charge is 0.110 e. The van der Waals surface area contributed by atoms with Gasteiger partial charge in [-0.3, -0.25) is 14.8 Å². The molecule has 3 aromatic rings. The molecule has 0 bridgehead atoms. The minimum Gasteiger partial charge on any atom is -0.397 e. The number of pyridine rings is 1. The zero-order valence-electron chi connectivity index (χ0n) is 10.0. The number of H-pyrrole nitrogens is 1. The normalized spacial score (nSPS) is 12.9. The van der Waals surface area contributed by atoms with Crippen molar-refractivity contribution < 1.29 is 0 Å². The molecule has 0 saturated carbocycles. The summed E-state index contributed by atoms with van der Waals surface area (Å²) in [6, 6.07) is 2.00. The minimum atomic E-state index is 0.201. The van der Waals surface area contributed by atoms with E-state index in [0.29, 0.717) is 5.69 Å². The van der Waals surface area contributed by atoms with Crippen LogP contribution in [-0.4, -0.2) is 25.0 Å². The van der Waals surface area contributed by atoms with Crippen LogP contribution in [0.3, 0.4) is 0 Å². The molecule has 3 rings (SSSR count). The van der Waals surface area contributed by atoms with Crippen molar-refractivity contribution in [3.8, 4) is 0 Å². The Hall–Kier alpha value is -2.37. The highest BCUT2D eigenvalue weighted by Crippen LogP contribution is 2.23. The largest absolute Gasteiger partial charge is 0.397 e. The van der Waals surface area contributed by atoms with Crippen molar-refractivity contribution in [1.82, 2.24) is 25.0 Å². The molecule has 0 aromatic carbocycles. The molecule has 0 amide bonds. The topological polar surface area (TPSA) is 85.4 Å². The number of anilines is 1. The van der Waals surface area contributed by atoms with E-state index >= 15 is 0 Å². The van der Waals surface area contributed by atoms with E-state index in [1.807, 2.05) is 17.1 Å². The molecule has 92 valence electrons. The van der Waals surface area contributed by atoms with Gasteiger partial charge in [0.05, 0.1) is 24.1 Å². The molecule has 3 heterocycles. The van der Waals surface area contributed by atoms with Crippen molar-refractivity contribution in [2.24, 2.45) is 0 Å². The van der Waals surface area contributed by atoms with Gasteiger partial charge < -0.3 is 5.73 Å². The highest BCUT2D eigenvalue weighted by Gasteiger charge is 2.13. The van der Waals surface area contributed by atoms with Crippen LogP contribution in [0, 0.1) is 0 Å². The summed E-state index contributed by atoms with van der Waals surface area (Å²) in [5.41, 5.74) is 9.57. The van der Waals surface area contributed by atoms with Crippen molar-refractivity contribution in [3.05, 3.63) is 36.4 Å². The third kappa shape index (κ3) is 1.71. The molecule has 0 saturated heterocycles. The van der Waals surface area contributed by atoms with Gasteiger partial charge in [-0.15, -0.1) is 0 Å². The molecule has 0 radical (unpaired) electrons. The number of aromatic amines is 1. The Morgan fingerprint density at radius 3 is 3.11 bits per heavy atom. The molecule has 6 nitrogen and oxygen atoms in total. The third-order valence-electron chi connectivity index (χ3n) is 3.02. The standard InChI is InChI=1S/C12H14N6/c1-8(4-9-5-15-16-6-9)18-12-10(13)2-3-14-11(12)7-17-18/h2-3,5-8H,4H2,1H3,(H2,13,14)(H,15,16). The summed E-state index contributed by atoms with van der Waals surface area (Å²) < 4.78 is 1.92. The highest BCUT2D eigenvalue weighted by molar-refractivity contribution is 5.86. The lowest BCUT2D eigenvalue weighted by Gasteiger charge is -2.13. The lowest BCUT2D eigenvalue weighted by Crippen LogP contribution is -2.10. The van der Waals surface area contributed by atoms with Crippen LogP contribution in [-0.2, 0) is 6.42 Å². The number of aromatic nitrogens is 5. The summed E-state index contributed by atoms with van der Waals surface area (Å²) in [4.78, 5) is 4.26. The lowest BCUT2D eigenvalue weighted by atomic mass is 10.1. The number of nitrogens with zero attached hydrogens (tertiary/aromatic N) is 4. The first-order valence-electron chi connectivity index (χ1n) is 5.81. The van der Waals surface area contributed by atoms with Crippen LogP contribution in [0.5, 0.6) is 0 Å². The van der Waals surface area contributed by atoms with E-state index in [2.05, 4.69) is 27.2 Å². The Balaban J connectivity index is 1.99. The molecule has 3 N–H and O–H groups in total. The maximum Gasteiger partial charge on any atom is 0.110 e. The molecule has 1 unspecified atom stereocenters. The fourth-order valence-corrected chi connectivity index (χ4v) is 2.16. The van der Waals surface area contributed by atoms with Gasteiger partial charge in [0.2, 0.25) is 0 Å². The minimum absolute atomic E-state index is 0.201. The first-order valence-corrected chi connectivity index (χ1v) is 5.81. The van der Waals surface area contributed by atoms with Gasteiger partial charge in [-0.2, -0.15) is 10.2 Å². The van der Waals surface area contributed by atoms with Crippen LogP contribution in [0.15, 0.2) is 30.9 Å². The number of nitrogens with one attached hydrogen (secondary N) is 1. The molecule has 0 aliphatic rings. The molecule has 0 aliphatic carbocycles. The second-order valence-corrected chi connectivity index (χ2v) is 4.38. The zero-order chi connectivity index (χ0) is 12.5. The van der Waals surface area contributed by atoms with Crippen molar-refractivity contribution in [3.63, 3.8) is 0 Å². The second-order valence-electron chi connectivity index (χ2n) is 4.38. The molecule has 0 fully saturated rings. The van der Waals surface area contributed by atoms with Gasteiger partial charge in [-0.1, -0.05) is 0 Å². The second kappa shape index (κ2) is 4.14. The van der Waals surface area contributed by atoms with Crippen LogP contribution in [0.2, 0.25) is 0 Å². The zero-order valence-corrected chi connectivity index (χ0v) is 10.0. The predicted octanol–water partition coefficient (Wildman–Crippen LogP) is 1.54. The molecular weight excluding hydrogens is 228 g/mol. The van der Waals surface area contributed by atoms with Crippen molar-refractivity contribution in [2.45, 2.75) is 19.4 Å². The Kier molecular flexibility index (Phi) is 2.47. The van der Waals surface area contributed by atoms with Gasteiger partial charge in [-0.05, 0) is 25.0 Å². The van der Waals surface area contributed by atoms with Gasteiger partial charge in [0.15, 0.2) is 0 Å². The maximum absolute atomic E-state index is 5.99. The van der Waals surface area contributed by atoms with E-state index in [1.165, 1.54) is 0 Å². The predicted molar refractivity (Wildman–Crippen MR) is 68.9 cm³/mol. The molecule has 3 aromatic heterocycles. The molecule has 1 atom stereocenters. The van der Waals surface area contributed by atoms with E-state index in [0.717, 1.165) is 23.0 Å². The molecule has 6 heteroatoms. The Bertz CT molecular complexity index is 654. The number of fused-ring (bicyclic) bond motifs is 1. The van der Waals surface area contributed by atoms with Gasteiger partial charge in [-0.25, -0.2) is 0 Å². The first kappa shape index (κ1) is 10.8. The number of nitrogens with two attached hydrogens (primary N) is 1. The summed E-state index contributed by atoms with van der Waals surface area (Å²) in [6.45, 7) is 2.10. The maximum atomic E-state index is 5.99. The lowest BCUT2D eigenvalue weighted by molar-refractivity contribution is 0.505. The van der Waals surface area contributed by atoms with Gasteiger partial charge >= 0.3 is 0 Å². The van der Waals surface area contributed by atoms with Crippen molar-refractivity contribution >= 4 is 16.7 Å². The van der Waals surface area contributed by atoms with E-state index in [9.17, 15) is 0 Å². The summed E-state index contributed by atoms with van der Waals surface area (Å²) in [5, 5.41) is 11.1. The SMILES string of the molecule is CC(Cc1cn[nH]c1)n1ncc2nccc(N)c21. The van der Waals surface area contributed by atoms with Gasteiger partial charge in [0.25, 0.3) is 0 Å². The quantitative estimate of drug-likeness (QED) is 0.729. The Morgan fingerprint density at radius 2 is 2.33 bits per heavy atom. The molecule has 0 spiro atoms. The fraction of sp³-hybridized carbons (Fsp3) is 0.250. The van der Waals surface area contributed by atoms with E-state index < -0.39 is 0 Å². The number of hydrogen-bond donors (Lipinski definition) is 2. The van der Waals surface area contributed by atoms with E-state index in [1.54, 1.807) is 18.5 Å². The Morgan fingerprint density at radius 1 is 1.44 bits per heavy atom. The number of hydrogen-bond acceptors (Lipinski definition) is 4. The van der Waals surface area contributed by atoms with Crippen LogP contribution in [0.1, 0.15) is 18.5 Å². The average molecular weight is 242 g/mol. The summed E-state index contributed by atoms with van der Waals surface area (Å²) in [5.74, 6) is 0. The Labute approximate surface area is 104 Å².